The molecule has 140 valence electrons. The number of amides is 1. The molecule has 7 heteroatoms. The van der Waals surface area contributed by atoms with E-state index in [-0.39, 0.29) is 11.1 Å². The summed E-state index contributed by atoms with van der Waals surface area (Å²) in [5.74, 6) is -0.840. The van der Waals surface area contributed by atoms with Gasteiger partial charge in [0, 0.05) is 17.0 Å². The minimum atomic E-state index is -0.429. The van der Waals surface area contributed by atoms with Gasteiger partial charge in [0.2, 0.25) is 5.56 Å². The van der Waals surface area contributed by atoms with Crippen LogP contribution in [0.1, 0.15) is 21.7 Å². The number of aromatic amines is 1. The zero-order chi connectivity index (χ0) is 19.8. The summed E-state index contributed by atoms with van der Waals surface area (Å²) in [7, 11) is 0. The van der Waals surface area contributed by atoms with Crippen LogP contribution < -0.4 is 10.9 Å². The molecule has 0 bridgehead atoms. The summed E-state index contributed by atoms with van der Waals surface area (Å²) in [5.41, 5.74) is 2.39. The van der Waals surface area contributed by atoms with Gasteiger partial charge in [0.1, 0.15) is 11.5 Å². The van der Waals surface area contributed by atoms with E-state index in [9.17, 15) is 14.0 Å². The third kappa shape index (κ3) is 2.96. The predicted octanol–water partition coefficient (Wildman–Crippen LogP) is 3.72. The largest absolute Gasteiger partial charge is 0.322 e. The van der Waals surface area contributed by atoms with Crippen LogP contribution in [0.4, 0.5) is 10.1 Å². The maximum absolute atomic E-state index is 14.2. The summed E-state index contributed by atoms with van der Waals surface area (Å²) in [6.45, 7) is 3.48. The average Bonchev–Trinajstić information content (AvgIpc) is 2.95. The van der Waals surface area contributed by atoms with Gasteiger partial charge in [-0.15, -0.1) is 0 Å². The summed E-state index contributed by atoms with van der Waals surface area (Å²) in [6.07, 6.45) is 0. The second kappa shape index (κ2) is 6.77. The maximum atomic E-state index is 14.2. The zero-order valence-electron chi connectivity index (χ0n) is 15.3. The molecule has 6 nitrogen and oxygen atoms in total. The highest BCUT2D eigenvalue weighted by Crippen LogP contribution is 2.25. The van der Waals surface area contributed by atoms with Crippen molar-refractivity contribution in [3.63, 3.8) is 0 Å². The second-order valence-corrected chi connectivity index (χ2v) is 6.46. The maximum Gasteiger partial charge on any atom is 0.256 e. The molecule has 4 rings (SSSR count). The fourth-order valence-electron chi connectivity index (χ4n) is 3.26. The Kier molecular flexibility index (Phi) is 4.27. The van der Waals surface area contributed by atoms with E-state index in [0.717, 1.165) is 0 Å². The Balaban J connectivity index is 1.76. The first kappa shape index (κ1) is 17.7. The van der Waals surface area contributed by atoms with Crippen LogP contribution >= 0.6 is 0 Å². The molecule has 2 heterocycles. The smallest absolute Gasteiger partial charge is 0.256 e. The van der Waals surface area contributed by atoms with Crippen molar-refractivity contribution in [1.82, 2.24) is 14.8 Å². The van der Waals surface area contributed by atoms with Crippen molar-refractivity contribution in [2.24, 2.45) is 0 Å². The van der Waals surface area contributed by atoms with Crippen LogP contribution in [0.2, 0.25) is 0 Å². The number of fused-ring (bicyclic) bond motifs is 1. The summed E-state index contributed by atoms with van der Waals surface area (Å²) < 4.78 is 15.6. The lowest BCUT2D eigenvalue weighted by Crippen LogP contribution is -2.17. The standard InChI is InChI=1S/C21H17FN4O2/c1-12-20(13(2)26(25-12)18-10-6-4-8-16(18)22)24-21(28)15-11-19(27)23-17-9-5-3-7-14(15)17/h3-11H,1-2H3,(H,23,27)(H,24,28). The van der Waals surface area contributed by atoms with Crippen LogP contribution in [0.15, 0.2) is 59.4 Å². The SMILES string of the molecule is Cc1nn(-c2ccccc2F)c(C)c1NC(=O)c1cc(=O)[nH]c2ccccc12. The van der Waals surface area contributed by atoms with Crippen LogP contribution in [0.3, 0.4) is 0 Å². The Morgan fingerprint density at radius 2 is 1.82 bits per heavy atom. The minimum Gasteiger partial charge on any atom is -0.322 e. The van der Waals surface area contributed by atoms with Crippen LogP contribution in [0.25, 0.3) is 16.6 Å². The Bertz CT molecular complexity index is 1270. The highest BCUT2D eigenvalue weighted by molar-refractivity contribution is 6.12. The van der Waals surface area contributed by atoms with Gasteiger partial charge in [0.05, 0.1) is 22.6 Å². The molecule has 0 saturated carbocycles. The van der Waals surface area contributed by atoms with E-state index >= 15 is 0 Å². The van der Waals surface area contributed by atoms with Gasteiger partial charge in [0.15, 0.2) is 0 Å². The number of para-hydroxylation sites is 2. The van der Waals surface area contributed by atoms with E-state index in [1.807, 2.05) is 0 Å². The van der Waals surface area contributed by atoms with E-state index in [4.69, 9.17) is 0 Å². The molecule has 2 aromatic carbocycles. The number of hydrogen-bond donors (Lipinski definition) is 2. The van der Waals surface area contributed by atoms with Gasteiger partial charge in [-0.3, -0.25) is 9.59 Å². The van der Waals surface area contributed by atoms with Gasteiger partial charge in [-0.2, -0.15) is 5.10 Å². The number of rotatable bonds is 3. The molecule has 2 aromatic heterocycles. The Morgan fingerprint density at radius 3 is 2.61 bits per heavy atom. The molecular weight excluding hydrogens is 359 g/mol. The van der Waals surface area contributed by atoms with Gasteiger partial charge < -0.3 is 10.3 Å². The molecule has 28 heavy (non-hydrogen) atoms. The molecule has 0 radical (unpaired) electrons. The Labute approximate surface area is 159 Å². The first-order valence-corrected chi connectivity index (χ1v) is 8.70. The summed E-state index contributed by atoms with van der Waals surface area (Å²) in [5, 5.41) is 7.82. The molecular formula is C21H17FN4O2. The fraction of sp³-hybridized carbons (Fsp3) is 0.0952. The highest BCUT2D eigenvalue weighted by atomic mass is 19.1. The zero-order valence-corrected chi connectivity index (χ0v) is 15.3. The Morgan fingerprint density at radius 1 is 1.11 bits per heavy atom. The number of pyridine rings is 1. The number of nitrogens with one attached hydrogen (secondary N) is 2. The number of aromatic nitrogens is 3. The van der Waals surface area contributed by atoms with Crippen molar-refractivity contribution in [3.8, 4) is 5.69 Å². The van der Waals surface area contributed by atoms with E-state index in [0.29, 0.717) is 33.7 Å². The lowest BCUT2D eigenvalue weighted by atomic mass is 10.1. The third-order valence-corrected chi connectivity index (χ3v) is 4.61. The summed E-state index contributed by atoms with van der Waals surface area (Å²) >= 11 is 0. The molecule has 0 aliphatic heterocycles. The van der Waals surface area contributed by atoms with E-state index < -0.39 is 11.7 Å². The Hall–Kier alpha value is -3.74. The summed E-state index contributed by atoms with van der Waals surface area (Å²) in [4.78, 5) is 27.6. The lowest BCUT2D eigenvalue weighted by Gasteiger charge is -2.09. The topological polar surface area (TPSA) is 79.8 Å². The molecule has 0 spiro atoms. The van der Waals surface area contributed by atoms with Crippen molar-refractivity contribution in [2.45, 2.75) is 13.8 Å². The van der Waals surface area contributed by atoms with Gasteiger partial charge in [-0.25, -0.2) is 9.07 Å². The van der Waals surface area contributed by atoms with Crippen LogP contribution in [0.5, 0.6) is 0 Å². The predicted molar refractivity (Wildman–Crippen MR) is 106 cm³/mol. The molecule has 0 atom stereocenters. The number of benzene rings is 2. The molecule has 1 amide bonds. The lowest BCUT2D eigenvalue weighted by molar-refractivity contribution is 0.102. The van der Waals surface area contributed by atoms with Gasteiger partial charge >= 0.3 is 0 Å². The molecule has 0 aliphatic rings. The monoisotopic (exact) mass is 376 g/mol. The number of aryl methyl sites for hydroxylation is 1. The van der Waals surface area contributed by atoms with Crippen molar-refractivity contribution < 1.29 is 9.18 Å². The molecule has 0 fully saturated rings. The first-order valence-electron chi connectivity index (χ1n) is 8.70. The van der Waals surface area contributed by atoms with Gasteiger partial charge in [-0.05, 0) is 32.0 Å². The number of nitrogens with zero attached hydrogens (tertiary/aromatic N) is 2. The van der Waals surface area contributed by atoms with Crippen molar-refractivity contribution in [2.75, 3.05) is 5.32 Å². The van der Waals surface area contributed by atoms with Crippen LogP contribution in [-0.4, -0.2) is 20.7 Å². The van der Waals surface area contributed by atoms with E-state index in [1.54, 1.807) is 56.3 Å². The highest BCUT2D eigenvalue weighted by Gasteiger charge is 2.19. The molecule has 2 N–H and O–H groups in total. The van der Waals surface area contributed by atoms with Crippen molar-refractivity contribution >= 4 is 22.5 Å². The number of hydrogen-bond acceptors (Lipinski definition) is 3. The second-order valence-electron chi connectivity index (χ2n) is 6.46. The molecule has 0 saturated heterocycles. The number of H-pyrrole nitrogens is 1. The first-order chi connectivity index (χ1) is 13.5. The number of halogens is 1. The van der Waals surface area contributed by atoms with Gasteiger partial charge in [-0.1, -0.05) is 30.3 Å². The molecule has 0 aliphatic carbocycles. The van der Waals surface area contributed by atoms with Crippen molar-refractivity contribution in [3.05, 3.63) is 87.7 Å². The summed E-state index contributed by atoms with van der Waals surface area (Å²) in [6, 6.07) is 14.6. The van der Waals surface area contributed by atoms with Crippen LogP contribution in [-0.2, 0) is 0 Å². The molecule has 4 aromatic rings. The van der Waals surface area contributed by atoms with E-state index in [2.05, 4.69) is 15.4 Å². The van der Waals surface area contributed by atoms with Crippen molar-refractivity contribution in [1.29, 1.82) is 0 Å². The van der Waals surface area contributed by atoms with Gasteiger partial charge in [0.25, 0.3) is 5.91 Å². The fourth-order valence-corrected chi connectivity index (χ4v) is 3.26. The third-order valence-electron chi connectivity index (χ3n) is 4.61. The average molecular weight is 376 g/mol. The number of anilines is 1. The minimum absolute atomic E-state index is 0.261. The van der Waals surface area contributed by atoms with Crippen LogP contribution in [0, 0.1) is 19.7 Å². The van der Waals surface area contributed by atoms with E-state index in [1.165, 1.54) is 16.8 Å². The quantitative estimate of drug-likeness (QED) is 0.572. The number of carbonyl (C=O) groups excluding carboxylic acids is 1. The number of carbonyl (C=O) groups is 1. The normalized spacial score (nSPS) is 11.0. The molecule has 0 unspecified atom stereocenters.